The Bertz CT molecular complexity index is 1100. The zero-order valence-corrected chi connectivity index (χ0v) is 17.1. The number of thioether (sulfide) groups is 1. The Kier molecular flexibility index (Phi) is 6.08. The minimum atomic E-state index is -0.558. The van der Waals surface area contributed by atoms with E-state index in [0.717, 1.165) is 0 Å². The molecule has 0 saturated carbocycles. The number of ketones is 1. The van der Waals surface area contributed by atoms with Crippen molar-refractivity contribution in [1.82, 2.24) is 25.4 Å². The van der Waals surface area contributed by atoms with E-state index in [4.69, 9.17) is 0 Å². The van der Waals surface area contributed by atoms with Crippen LogP contribution < -0.4 is 10.6 Å². The van der Waals surface area contributed by atoms with Crippen LogP contribution in [0.1, 0.15) is 22.6 Å². The predicted molar refractivity (Wildman–Crippen MR) is 112 cm³/mol. The largest absolute Gasteiger partial charge is 0.334 e. The molecule has 1 aliphatic rings. The molecular weight excluding hydrogens is 421 g/mol. The van der Waals surface area contributed by atoms with Gasteiger partial charge in [-0.3, -0.25) is 19.5 Å². The number of aromatic nitrogens is 3. The second-order valence-corrected chi connectivity index (χ2v) is 7.86. The molecule has 3 aromatic rings. The van der Waals surface area contributed by atoms with Crippen molar-refractivity contribution in [2.24, 2.45) is 0 Å². The Morgan fingerprint density at radius 3 is 2.55 bits per heavy atom. The van der Waals surface area contributed by atoms with Crippen LogP contribution in [0.2, 0.25) is 0 Å². The molecule has 1 aromatic heterocycles. The lowest BCUT2D eigenvalue weighted by molar-refractivity contribution is -0.121. The first kappa shape index (κ1) is 20.7. The quantitative estimate of drug-likeness (QED) is 0.433. The molecule has 0 bridgehead atoms. The third kappa shape index (κ3) is 4.97. The van der Waals surface area contributed by atoms with E-state index in [1.165, 1.54) is 23.9 Å². The van der Waals surface area contributed by atoms with Gasteiger partial charge in [-0.1, -0.05) is 42.1 Å². The number of imide groups is 1. The number of amides is 3. The SMILES string of the molecule is O=C1CC(Cc2nnc(SCC(=O)c3ccccc3)n2-c2ccc(F)cc2)NC(=O)N1. The van der Waals surface area contributed by atoms with Crippen molar-refractivity contribution in [2.75, 3.05) is 5.75 Å². The van der Waals surface area contributed by atoms with Crippen molar-refractivity contribution in [3.05, 3.63) is 71.8 Å². The maximum Gasteiger partial charge on any atom is 0.321 e. The van der Waals surface area contributed by atoms with Gasteiger partial charge < -0.3 is 5.32 Å². The molecule has 1 atom stereocenters. The van der Waals surface area contributed by atoms with Crippen LogP contribution in [0.4, 0.5) is 9.18 Å². The van der Waals surface area contributed by atoms with E-state index < -0.39 is 12.1 Å². The Hall–Kier alpha value is -3.53. The van der Waals surface area contributed by atoms with Gasteiger partial charge in [-0.05, 0) is 24.3 Å². The number of carbonyl (C=O) groups excluding carboxylic acids is 3. The summed E-state index contributed by atoms with van der Waals surface area (Å²) in [4.78, 5) is 35.8. The minimum absolute atomic E-state index is 0.0583. The Balaban J connectivity index is 1.59. The third-order valence-electron chi connectivity index (χ3n) is 4.66. The minimum Gasteiger partial charge on any atom is -0.334 e. The van der Waals surface area contributed by atoms with E-state index in [0.29, 0.717) is 22.2 Å². The molecule has 0 radical (unpaired) electrons. The van der Waals surface area contributed by atoms with E-state index in [-0.39, 0.29) is 36.1 Å². The molecule has 1 fully saturated rings. The predicted octanol–water partition coefficient (Wildman–Crippen LogP) is 2.52. The second-order valence-electron chi connectivity index (χ2n) is 6.92. The van der Waals surface area contributed by atoms with Gasteiger partial charge in [0.2, 0.25) is 5.91 Å². The van der Waals surface area contributed by atoms with Crippen LogP contribution in [0.25, 0.3) is 5.69 Å². The molecule has 3 amide bonds. The number of rotatable bonds is 7. The first-order valence-electron chi connectivity index (χ1n) is 9.51. The molecule has 1 aliphatic heterocycles. The van der Waals surface area contributed by atoms with Crippen molar-refractivity contribution >= 4 is 29.5 Å². The number of benzene rings is 2. The van der Waals surface area contributed by atoms with Gasteiger partial charge in [0, 0.05) is 30.1 Å². The Morgan fingerprint density at radius 2 is 1.84 bits per heavy atom. The van der Waals surface area contributed by atoms with Gasteiger partial charge in [-0.25, -0.2) is 9.18 Å². The maximum atomic E-state index is 13.4. The highest BCUT2D eigenvalue weighted by atomic mass is 32.2. The van der Waals surface area contributed by atoms with Gasteiger partial charge >= 0.3 is 6.03 Å². The molecular formula is C21H18FN5O3S. The Labute approximate surface area is 181 Å². The summed E-state index contributed by atoms with van der Waals surface area (Å²) in [7, 11) is 0. The van der Waals surface area contributed by atoms with Crippen LogP contribution in [0.15, 0.2) is 59.8 Å². The van der Waals surface area contributed by atoms with Crippen molar-refractivity contribution in [3.63, 3.8) is 0 Å². The molecule has 1 saturated heterocycles. The summed E-state index contributed by atoms with van der Waals surface area (Å²) >= 11 is 1.21. The Morgan fingerprint density at radius 1 is 1.10 bits per heavy atom. The summed E-state index contributed by atoms with van der Waals surface area (Å²) in [6.07, 6.45) is 0.355. The highest BCUT2D eigenvalue weighted by Gasteiger charge is 2.27. The number of hydrogen-bond donors (Lipinski definition) is 2. The standard InChI is InChI=1S/C21H18FN5O3S/c22-14-6-8-16(9-7-14)27-18(10-15-11-19(29)24-20(30)23-15)25-26-21(27)31-12-17(28)13-4-2-1-3-5-13/h1-9,15H,10-12H2,(H2,23,24,29,30). The van der Waals surface area contributed by atoms with Crippen LogP contribution in [0.5, 0.6) is 0 Å². The van der Waals surface area contributed by atoms with Gasteiger partial charge in [0.15, 0.2) is 10.9 Å². The molecule has 2 N–H and O–H groups in total. The van der Waals surface area contributed by atoms with Gasteiger partial charge in [0.05, 0.1) is 5.75 Å². The molecule has 8 nitrogen and oxygen atoms in total. The summed E-state index contributed by atoms with van der Waals surface area (Å²) in [5.74, 6) is -0.183. The van der Waals surface area contributed by atoms with E-state index in [9.17, 15) is 18.8 Å². The fourth-order valence-electron chi connectivity index (χ4n) is 3.23. The van der Waals surface area contributed by atoms with Crippen LogP contribution in [0, 0.1) is 5.82 Å². The lowest BCUT2D eigenvalue weighted by Gasteiger charge is -2.23. The van der Waals surface area contributed by atoms with Crippen molar-refractivity contribution < 1.29 is 18.8 Å². The monoisotopic (exact) mass is 439 g/mol. The number of nitrogens with zero attached hydrogens (tertiary/aromatic N) is 3. The van der Waals surface area contributed by atoms with E-state index in [1.807, 2.05) is 6.07 Å². The van der Waals surface area contributed by atoms with Crippen molar-refractivity contribution in [1.29, 1.82) is 0 Å². The lowest BCUT2D eigenvalue weighted by Crippen LogP contribution is -2.53. The number of halogens is 1. The topological polar surface area (TPSA) is 106 Å². The molecule has 0 spiro atoms. The van der Waals surface area contributed by atoms with E-state index in [1.54, 1.807) is 41.0 Å². The highest BCUT2D eigenvalue weighted by molar-refractivity contribution is 7.99. The number of carbonyl (C=O) groups is 3. The zero-order valence-electron chi connectivity index (χ0n) is 16.2. The van der Waals surface area contributed by atoms with Crippen molar-refractivity contribution in [3.8, 4) is 5.69 Å². The fourth-order valence-corrected chi connectivity index (χ4v) is 4.10. The normalized spacial score (nSPS) is 16.0. The average Bonchev–Trinajstić information content (AvgIpc) is 3.14. The molecule has 158 valence electrons. The number of nitrogens with one attached hydrogen (secondary N) is 2. The summed E-state index contributed by atoms with van der Waals surface area (Å²) in [6, 6.07) is 13.7. The number of urea groups is 1. The zero-order chi connectivity index (χ0) is 21.8. The fraction of sp³-hybridized carbons (Fsp3) is 0.190. The number of Topliss-reactive ketones (excluding diaryl/α,β-unsaturated/α-hetero) is 1. The van der Waals surface area contributed by atoms with E-state index in [2.05, 4.69) is 20.8 Å². The molecule has 2 aromatic carbocycles. The summed E-state index contributed by atoms with van der Waals surface area (Å²) in [5, 5.41) is 13.7. The summed E-state index contributed by atoms with van der Waals surface area (Å²) in [5.41, 5.74) is 1.21. The van der Waals surface area contributed by atoms with Gasteiger partial charge in [-0.15, -0.1) is 10.2 Å². The van der Waals surface area contributed by atoms with Crippen LogP contribution in [-0.4, -0.2) is 44.3 Å². The lowest BCUT2D eigenvalue weighted by atomic mass is 10.1. The van der Waals surface area contributed by atoms with Gasteiger partial charge in [-0.2, -0.15) is 0 Å². The van der Waals surface area contributed by atoms with Crippen LogP contribution in [-0.2, 0) is 11.2 Å². The summed E-state index contributed by atoms with van der Waals surface area (Å²) in [6.45, 7) is 0. The summed E-state index contributed by atoms with van der Waals surface area (Å²) < 4.78 is 15.2. The highest BCUT2D eigenvalue weighted by Crippen LogP contribution is 2.24. The molecule has 10 heteroatoms. The number of hydrogen-bond acceptors (Lipinski definition) is 6. The van der Waals surface area contributed by atoms with E-state index >= 15 is 0 Å². The van der Waals surface area contributed by atoms with Crippen molar-refractivity contribution in [2.45, 2.75) is 24.0 Å². The smallest absolute Gasteiger partial charge is 0.321 e. The molecule has 0 aliphatic carbocycles. The van der Waals surface area contributed by atoms with Crippen LogP contribution >= 0.6 is 11.8 Å². The maximum absolute atomic E-state index is 13.4. The van der Waals surface area contributed by atoms with Crippen LogP contribution in [0.3, 0.4) is 0 Å². The molecule has 4 rings (SSSR count). The third-order valence-corrected chi connectivity index (χ3v) is 5.59. The first-order chi connectivity index (χ1) is 15.0. The molecule has 2 heterocycles. The average molecular weight is 439 g/mol. The second kappa shape index (κ2) is 9.09. The van der Waals surface area contributed by atoms with Gasteiger partial charge in [0.25, 0.3) is 0 Å². The molecule has 1 unspecified atom stereocenters. The first-order valence-corrected chi connectivity index (χ1v) is 10.5. The van der Waals surface area contributed by atoms with Gasteiger partial charge in [0.1, 0.15) is 11.6 Å². The molecule has 31 heavy (non-hydrogen) atoms.